The van der Waals surface area contributed by atoms with E-state index in [1.807, 2.05) is 0 Å². The molecule has 4 aromatic carbocycles. The Hall–Kier alpha value is -1.66. The molecule has 0 aliphatic carbocycles. The molecule has 3 heteroatoms. The minimum atomic E-state index is 0. The van der Waals surface area contributed by atoms with Gasteiger partial charge in [-0.05, 0) is 10.8 Å². The summed E-state index contributed by atoms with van der Waals surface area (Å²) in [5, 5.41) is 0. The summed E-state index contributed by atoms with van der Waals surface area (Å²) in [5.41, 5.74) is 8.51. The molecule has 0 N–H and O–H groups in total. The first-order chi connectivity index (χ1) is 15.6. The second kappa shape index (κ2) is 13.6. The molecule has 182 valence electrons. The van der Waals surface area contributed by atoms with Crippen molar-refractivity contribution in [2.45, 2.75) is 52.4 Å². The van der Waals surface area contributed by atoms with Crippen LogP contribution in [0.2, 0.25) is 0 Å². The maximum atomic E-state index is 2.37. The minimum absolute atomic E-state index is 0. The number of benzene rings is 3. The van der Waals surface area contributed by atoms with E-state index in [4.69, 9.17) is 0 Å². The molecule has 0 spiro atoms. The summed E-state index contributed by atoms with van der Waals surface area (Å²) in [6.07, 6.45) is 0. The summed E-state index contributed by atoms with van der Waals surface area (Å²) < 4.78 is 1.42. The summed E-state index contributed by atoms with van der Waals surface area (Å²) in [4.78, 5) is 0. The van der Waals surface area contributed by atoms with Crippen LogP contribution in [-0.4, -0.2) is 3.21 Å². The fraction of sp³-hybridized carbons (Fsp3) is 0.250. The van der Waals surface area contributed by atoms with Crippen molar-refractivity contribution in [2.24, 2.45) is 0 Å². The molecule has 35 heavy (non-hydrogen) atoms. The van der Waals surface area contributed by atoms with Gasteiger partial charge in [0, 0.05) is 0 Å². The van der Waals surface area contributed by atoms with Crippen LogP contribution in [0, 0.1) is 0 Å². The second-order valence-corrected chi connectivity index (χ2v) is 11.8. The summed E-state index contributed by atoms with van der Waals surface area (Å²) in [5.74, 6) is 0. The van der Waals surface area contributed by atoms with Crippen molar-refractivity contribution in [1.82, 2.24) is 0 Å². The molecule has 0 aliphatic heterocycles. The first-order valence-corrected chi connectivity index (χ1v) is 12.9. The van der Waals surface area contributed by atoms with E-state index >= 15 is 0 Å². The number of hydrogen-bond donors (Lipinski definition) is 0. The van der Waals surface area contributed by atoms with Gasteiger partial charge in [0.15, 0.2) is 0 Å². The third kappa shape index (κ3) is 9.06. The van der Waals surface area contributed by atoms with Crippen molar-refractivity contribution in [3.8, 4) is 11.1 Å². The molecule has 0 fully saturated rings. The molecule has 4 aromatic rings. The van der Waals surface area contributed by atoms with Gasteiger partial charge in [0.25, 0.3) is 0 Å². The summed E-state index contributed by atoms with van der Waals surface area (Å²) in [6.45, 7) is 13.7. The molecule has 0 heterocycles. The van der Waals surface area contributed by atoms with Crippen molar-refractivity contribution in [3.63, 3.8) is 0 Å². The van der Waals surface area contributed by atoms with E-state index in [2.05, 4.69) is 145 Å². The third-order valence-electron chi connectivity index (χ3n) is 5.79. The number of hydrogen-bond acceptors (Lipinski definition) is 0. The van der Waals surface area contributed by atoms with Gasteiger partial charge >= 0.3 is 99.2 Å². The molecular formula is C32H35Cl2Zr-. The first kappa shape index (κ1) is 31.4. The van der Waals surface area contributed by atoms with Crippen molar-refractivity contribution < 1.29 is 49.0 Å². The quantitative estimate of drug-likeness (QED) is 0.327. The Balaban J connectivity index is 0.000000344. The fourth-order valence-electron chi connectivity index (χ4n) is 3.60. The van der Waals surface area contributed by atoms with Gasteiger partial charge in [-0.15, -0.1) is 6.07 Å². The Morgan fingerprint density at radius 3 is 1.37 bits per heavy atom. The van der Waals surface area contributed by atoms with E-state index in [0.29, 0.717) is 0 Å². The molecule has 0 nitrogen and oxygen atoms in total. The van der Waals surface area contributed by atoms with Crippen molar-refractivity contribution in [1.29, 1.82) is 0 Å². The van der Waals surface area contributed by atoms with Crippen LogP contribution in [0.4, 0.5) is 0 Å². The van der Waals surface area contributed by atoms with Crippen molar-refractivity contribution in [3.05, 3.63) is 125 Å². The Kier molecular flexibility index (Phi) is 12.2. The van der Waals surface area contributed by atoms with E-state index in [1.165, 1.54) is 60.8 Å². The first-order valence-electron chi connectivity index (χ1n) is 11.6. The van der Waals surface area contributed by atoms with Gasteiger partial charge in [-0.3, -0.25) is 0 Å². The second-order valence-electron chi connectivity index (χ2n) is 10.6. The van der Waals surface area contributed by atoms with E-state index in [9.17, 15) is 0 Å². The molecule has 0 aromatic heterocycles. The molecule has 0 atom stereocenters. The number of halogens is 2. The van der Waals surface area contributed by atoms with Gasteiger partial charge in [0.05, 0.1) is 0 Å². The molecule has 0 saturated heterocycles. The number of rotatable bonds is 3. The topological polar surface area (TPSA) is 0 Å². The Bertz CT molecular complexity index is 1090. The summed E-state index contributed by atoms with van der Waals surface area (Å²) in [6, 6.07) is 36.7. The Labute approximate surface area is 239 Å². The SMILES string of the molecule is CC(C)(C)c1cc(-c2ccc[cH-]2)cc(C(C)(C)C)c1.[Cl-].[Cl-].[Zr+2]=[C](c1ccccc1)c1ccccc1. The predicted octanol–water partition coefficient (Wildman–Crippen LogP) is 2.48. The zero-order chi connectivity index (χ0) is 24.1. The molecule has 0 bridgehead atoms. The standard InChI is InChI=1S/C19H25.C13H10.2ClH.Zr/c1-18(2,3)16-11-15(14-9-7-8-10-14)12-17(13-16)19(4,5)6;1-3-7-12(8-4-1)11-13-9-5-2-6-10-13;;;/h7-13H,1-6H3;1-10H;2*1H;/q-1;;;;+2/p-2. The molecular weight excluding hydrogens is 546 g/mol. The van der Waals surface area contributed by atoms with Gasteiger partial charge < -0.3 is 24.8 Å². The van der Waals surface area contributed by atoms with E-state index < -0.39 is 0 Å². The maximum absolute atomic E-state index is 2.37. The average molecular weight is 582 g/mol. The van der Waals surface area contributed by atoms with Gasteiger partial charge in [-0.25, -0.2) is 0 Å². The van der Waals surface area contributed by atoms with Crippen molar-refractivity contribution >= 4 is 3.21 Å². The van der Waals surface area contributed by atoms with E-state index in [0.717, 1.165) is 0 Å². The van der Waals surface area contributed by atoms with Gasteiger partial charge in [-0.1, -0.05) is 76.4 Å². The van der Waals surface area contributed by atoms with Crippen LogP contribution in [0.5, 0.6) is 0 Å². The monoisotopic (exact) mass is 579 g/mol. The molecule has 0 radical (unpaired) electrons. The van der Waals surface area contributed by atoms with Crippen LogP contribution >= 0.6 is 0 Å². The molecule has 0 amide bonds. The van der Waals surface area contributed by atoms with Crippen LogP contribution in [0.1, 0.15) is 63.8 Å². The van der Waals surface area contributed by atoms with Gasteiger partial charge in [-0.2, -0.15) is 23.8 Å². The zero-order valence-corrected chi connectivity index (χ0v) is 25.5. The van der Waals surface area contributed by atoms with Crippen LogP contribution in [0.25, 0.3) is 11.1 Å². The fourth-order valence-corrected chi connectivity index (χ4v) is 4.42. The Morgan fingerprint density at radius 1 is 0.600 bits per heavy atom. The van der Waals surface area contributed by atoms with Gasteiger partial charge in [0.2, 0.25) is 0 Å². The van der Waals surface area contributed by atoms with Crippen molar-refractivity contribution in [2.75, 3.05) is 0 Å². The zero-order valence-electron chi connectivity index (χ0n) is 21.6. The summed E-state index contributed by atoms with van der Waals surface area (Å²) >= 11 is 1.46. The average Bonchev–Trinajstić information content (AvgIpc) is 3.34. The van der Waals surface area contributed by atoms with Crippen LogP contribution in [-0.2, 0) is 35.1 Å². The molecule has 0 saturated carbocycles. The predicted molar refractivity (Wildman–Crippen MR) is 141 cm³/mol. The molecule has 4 rings (SSSR count). The van der Waals surface area contributed by atoms with Gasteiger partial charge in [0.1, 0.15) is 0 Å². The molecule has 0 unspecified atom stereocenters. The van der Waals surface area contributed by atoms with Crippen LogP contribution in [0.15, 0.2) is 103 Å². The Morgan fingerprint density at radius 2 is 1.03 bits per heavy atom. The van der Waals surface area contributed by atoms with E-state index in [1.54, 1.807) is 0 Å². The third-order valence-corrected chi connectivity index (χ3v) is 7.21. The van der Waals surface area contributed by atoms with E-state index in [-0.39, 0.29) is 35.6 Å². The normalized spacial score (nSPS) is 10.9. The van der Waals surface area contributed by atoms with Crippen LogP contribution in [0.3, 0.4) is 0 Å². The summed E-state index contributed by atoms with van der Waals surface area (Å²) in [7, 11) is 0. The van der Waals surface area contributed by atoms with Crippen LogP contribution < -0.4 is 24.8 Å². The molecule has 0 aliphatic rings.